The van der Waals surface area contributed by atoms with Gasteiger partial charge in [-0.15, -0.1) is 0 Å². The zero-order chi connectivity index (χ0) is 19.5. The zero-order valence-electron chi connectivity index (χ0n) is 11.0. The van der Waals surface area contributed by atoms with Crippen LogP contribution in [0.2, 0.25) is 0 Å². The minimum Gasteiger partial charge on any atom is -0.473 e. The van der Waals surface area contributed by atoms with Crippen molar-refractivity contribution in [3.63, 3.8) is 0 Å². The second-order valence-corrected chi connectivity index (χ2v) is 1.83. The number of hydrogen-bond acceptors (Lipinski definition) is 8. The van der Waals surface area contributed by atoms with Crippen molar-refractivity contribution in [2.45, 2.75) is 0 Å². The highest BCUT2D eigenvalue weighted by molar-refractivity contribution is 6.28. The van der Waals surface area contributed by atoms with Crippen LogP contribution in [0.5, 0.6) is 0 Å². The van der Waals surface area contributed by atoms with Gasteiger partial charge in [-0.3, -0.25) is 0 Å². The summed E-state index contributed by atoms with van der Waals surface area (Å²) in [5.74, 6) is -10.9. The molecule has 0 amide bonds. The molecule has 8 N–H and O–H groups in total. The van der Waals surface area contributed by atoms with Crippen molar-refractivity contribution < 1.29 is 69.6 Å². The van der Waals surface area contributed by atoms with Gasteiger partial charge in [-0.2, -0.15) is 0 Å². The van der Waals surface area contributed by atoms with Crippen molar-refractivity contribution in [3.05, 3.63) is 0 Å². The molecule has 0 bridgehead atoms. The van der Waals surface area contributed by atoms with E-state index in [4.69, 9.17) is 69.6 Å². The number of aliphatic hydroxyl groups is 2. The minimum absolute atomic E-state index is 1.00. The standard InChI is InChI=1S/3C2H2O4.2CH4O/c3*3-1(4)2(5)6;2*1-2/h3*(H,3,4)(H,5,6);2*2H,1H3. The maximum absolute atomic E-state index is 9.10. The average molecular weight is 334 g/mol. The molecule has 22 heavy (non-hydrogen) atoms. The zero-order valence-corrected chi connectivity index (χ0v) is 11.0. The van der Waals surface area contributed by atoms with Gasteiger partial charge >= 0.3 is 35.8 Å². The Morgan fingerprint density at radius 2 is 0.409 bits per heavy atom. The molecule has 14 nitrogen and oxygen atoms in total. The second kappa shape index (κ2) is 22.9. The van der Waals surface area contributed by atoms with E-state index in [-0.39, 0.29) is 0 Å². The lowest BCUT2D eigenvalue weighted by Crippen LogP contribution is -2.09. The van der Waals surface area contributed by atoms with E-state index in [1.165, 1.54) is 0 Å². The molecule has 0 aromatic carbocycles. The quantitative estimate of drug-likeness (QED) is 0.201. The van der Waals surface area contributed by atoms with Gasteiger partial charge in [0.15, 0.2) is 0 Å². The van der Waals surface area contributed by atoms with Crippen molar-refractivity contribution in [3.8, 4) is 0 Å². The smallest absolute Gasteiger partial charge is 0.414 e. The van der Waals surface area contributed by atoms with Crippen LogP contribution in [0.3, 0.4) is 0 Å². The molecule has 0 heterocycles. The molecule has 0 aliphatic rings. The van der Waals surface area contributed by atoms with Gasteiger partial charge in [0, 0.05) is 14.2 Å². The maximum atomic E-state index is 9.10. The Morgan fingerprint density at radius 3 is 0.409 bits per heavy atom. The first-order valence-corrected chi connectivity index (χ1v) is 4.21. The Bertz CT molecular complexity index is 276. The molecule has 0 rings (SSSR count). The monoisotopic (exact) mass is 334 g/mol. The van der Waals surface area contributed by atoms with Crippen LogP contribution in [0, 0.1) is 0 Å². The fourth-order valence-corrected chi connectivity index (χ4v) is 0. The fraction of sp³-hybridized carbons (Fsp3) is 0.250. The van der Waals surface area contributed by atoms with Gasteiger partial charge in [0.1, 0.15) is 0 Å². The molecule has 0 aromatic rings. The third kappa shape index (κ3) is 54.3. The number of carboxylic acid groups (broad SMARTS) is 6. The summed E-state index contributed by atoms with van der Waals surface area (Å²) in [5, 5.41) is 58.3. The molecule has 0 fully saturated rings. The van der Waals surface area contributed by atoms with Crippen LogP contribution >= 0.6 is 0 Å². The Morgan fingerprint density at radius 1 is 0.364 bits per heavy atom. The van der Waals surface area contributed by atoms with E-state index < -0.39 is 35.8 Å². The van der Waals surface area contributed by atoms with Gasteiger partial charge in [0.05, 0.1) is 0 Å². The van der Waals surface area contributed by atoms with Crippen LogP contribution in [-0.4, -0.2) is 90.9 Å². The fourth-order valence-electron chi connectivity index (χ4n) is 0. The van der Waals surface area contributed by atoms with Crippen molar-refractivity contribution >= 4 is 35.8 Å². The van der Waals surface area contributed by atoms with Crippen molar-refractivity contribution in [1.82, 2.24) is 0 Å². The summed E-state index contributed by atoms with van der Waals surface area (Å²) in [5.41, 5.74) is 0. The third-order valence-electron chi connectivity index (χ3n) is 0.549. The predicted octanol–water partition coefficient (Wildman–Crippen LogP) is -3.32. The van der Waals surface area contributed by atoms with Crippen molar-refractivity contribution in [1.29, 1.82) is 0 Å². The van der Waals surface area contributed by atoms with E-state index in [2.05, 4.69) is 0 Å². The van der Waals surface area contributed by atoms with E-state index in [1.807, 2.05) is 0 Å². The number of rotatable bonds is 0. The molecule has 130 valence electrons. The summed E-state index contributed by atoms with van der Waals surface area (Å²) in [4.78, 5) is 54.6. The molecule has 14 heteroatoms. The lowest BCUT2D eigenvalue weighted by molar-refractivity contribution is -0.159. The summed E-state index contributed by atoms with van der Waals surface area (Å²) in [6.45, 7) is 0. The molecule has 0 aliphatic carbocycles. The van der Waals surface area contributed by atoms with Crippen molar-refractivity contribution in [2.24, 2.45) is 0 Å². The summed E-state index contributed by atoms with van der Waals surface area (Å²) in [7, 11) is 2.00. The Labute approximate surface area is 121 Å². The molecule has 0 aromatic heterocycles. The lowest BCUT2D eigenvalue weighted by Gasteiger charge is -1.72. The molecule has 0 aliphatic heterocycles. The molecular weight excluding hydrogens is 320 g/mol. The Balaban J connectivity index is -0.0000000588. The van der Waals surface area contributed by atoms with Crippen LogP contribution in [0.25, 0.3) is 0 Å². The minimum atomic E-state index is -1.82. The highest BCUT2D eigenvalue weighted by Gasteiger charge is 2.04. The first-order valence-electron chi connectivity index (χ1n) is 4.21. The predicted molar refractivity (Wildman–Crippen MR) is 62.1 cm³/mol. The summed E-state index contributed by atoms with van der Waals surface area (Å²) < 4.78 is 0. The number of aliphatic carboxylic acids is 6. The molecule has 0 unspecified atom stereocenters. The van der Waals surface area contributed by atoms with Gasteiger partial charge in [-0.1, -0.05) is 0 Å². The van der Waals surface area contributed by atoms with Crippen molar-refractivity contribution in [2.75, 3.05) is 14.2 Å². The van der Waals surface area contributed by atoms with Gasteiger partial charge in [-0.05, 0) is 0 Å². The number of carboxylic acids is 6. The first kappa shape index (κ1) is 31.2. The molecule has 0 saturated heterocycles. The van der Waals surface area contributed by atoms with Gasteiger partial charge in [-0.25, -0.2) is 28.8 Å². The van der Waals surface area contributed by atoms with E-state index in [0.717, 1.165) is 14.2 Å². The number of carbonyl (C=O) groups is 6. The van der Waals surface area contributed by atoms with E-state index in [0.29, 0.717) is 0 Å². The van der Waals surface area contributed by atoms with Gasteiger partial charge in [0.2, 0.25) is 0 Å². The lowest BCUT2D eigenvalue weighted by atomic mass is 10.7. The SMILES string of the molecule is CO.CO.O=C(O)C(=O)O.O=C(O)C(=O)O.O=C(O)C(=O)O. The molecule has 0 atom stereocenters. The highest BCUT2D eigenvalue weighted by atomic mass is 16.5. The van der Waals surface area contributed by atoms with E-state index >= 15 is 0 Å². The molecular formula is C8H14O14. The molecule has 0 radical (unpaired) electrons. The summed E-state index contributed by atoms with van der Waals surface area (Å²) in [6.07, 6.45) is 0. The summed E-state index contributed by atoms with van der Waals surface area (Å²) in [6, 6.07) is 0. The van der Waals surface area contributed by atoms with Crippen LogP contribution in [0.1, 0.15) is 0 Å². The van der Waals surface area contributed by atoms with Gasteiger partial charge in [0.25, 0.3) is 0 Å². The maximum Gasteiger partial charge on any atom is 0.414 e. The second-order valence-electron chi connectivity index (χ2n) is 1.83. The first-order chi connectivity index (χ1) is 9.93. The summed E-state index contributed by atoms with van der Waals surface area (Å²) >= 11 is 0. The third-order valence-corrected chi connectivity index (χ3v) is 0.549. The largest absolute Gasteiger partial charge is 0.473 e. The van der Waals surface area contributed by atoms with Gasteiger partial charge < -0.3 is 40.9 Å². The van der Waals surface area contributed by atoms with E-state index in [1.54, 1.807) is 0 Å². The Kier molecular flexibility index (Phi) is 32.5. The van der Waals surface area contributed by atoms with E-state index in [9.17, 15) is 0 Å². The van der Waals surface area contributed by atoms with Crippen LogP contribution < -0.4 is 0 Å². The van der Waals surface area contributed by atoms with Crippen LogP contribution in [-0.2, 0) is 28.8 Å². The average Bonchev–Trinajstić information content (AvgIpc) is 2.44. The highest BCUT2D eigenvalue weighted by Crippen LogP contribution is 1.57. The van der Waals surface area contributed by atoms with Crippen LogP contribution in [0.4, 0.5) is 0 Å². The topological polar surface area (TPSA) is 264 Å². The molecule has 0 spiro atoms. The number of aliphatic hydroxyl groups excluding tert-OH is 2. The van der Waals surface area contributed by atoms with Crippen LogP contribution in [0.15, 0.2) is 0 Å². The molecule has 0 saturated carbocycles. The Hall–Kier alpha value is -3.26. The normalized spacial score (nSPS) is 6.55. The number of hydrogen-bond donors (Lipinski definition) is 8.